The largest absolute Gasteiger partial charge is 0.404 e. The van der Waals surface area contributed by atoms with E-state index >= 15 is 0 Å². The number of aromatic amines is 1. The number of nitriles is 1. The van der Waals surface area contributed by atoms with Crippen molar-refractivity contribution in [2.24, 2.45) is 10.7 Å². The summed E-state index contributed by atoms with van der Waals surface area (Å²) >= 11 is 0. The first-order chi connectivity index (χ1) is 13.2. The molecule has 0 atom stereocenters. The Kier molecular flexibility index (Phi) is 4.85. The molecular formula is C21H25N5O. The first-order valence-electron chi connectivity index (χ1n) is 9.84. The second kappa shape index (κ2) is 7.43. The van der Waals surface area contributed by atoms with Crippen LogP contribution in [0.4, 0.5) is 0 Å². The highest BCUT2D eigenvalue weighted by atomic mass is 16.1. The Morgan fingerprint density at radius 1 is 1.26 bits per heavy atom. The Bertz CT molecular complexity index is 992. The average molecular weight is 363 g/mol. The molecular weight excluding hydrogens is 338 g/mol. The van der Waals surface area contributed by atoms with Gasteiger partial charge in [0.25, 0.3) is 5.56 Å². The quantitative estimate of drug-likeness (QED) is 0.811. The van der Waals surface area contributed by atoms with Crippen molar-refractivity contribution in [3.05, 3.63) is 40.1 Å². The molecule has 0 amide bonds. The third-order valence-electron chi connectivity index (χ3n) is 5.94. The molecule has 6 heteroatoms. The molecule has 4 rings (SSSR count). The molecule has 0 aromatic carbocycles. The number of aromatic nitrogens is 2. The summed E-state index contributed by atoms with van der Waals surface area (Å²) < 4.78 is 2.12. The summed E-state index contributed by atoms with van der Waals surface area (Å²) in [7, 11) is 0. The fourth-order valence-corrected chi connectivity index (χ4v) is 4.52. The topological polar surface area (TPSA) is 100.0 Å². The van der Waals surface area contributed by atoms with Crippen LogP contribution in [0.1, 0.15) is 68.5 Å². The maximum Gasteiger partial charge on any atom is 0.258 e. The smallest absolute Gasteiger partial charge is 0.258 e. The lowest BCUT2D eigenvalue weighted by Gasteiger charge is -2.13. The van der Waals surface area contributed by atoms with E-state index in [1.807, 2.05) is 12.4 Å². The molecule has 2 aliphatic rings. The van der Waals surface area contributed by atoms with E-state index in [1.54, 1.807) is 0 Å². The maximum absolute atomic E-state index is 12.7. The first-order valence-corrected chi connectivity index (χ1v) is 9.84. The Morgan fingerprint density at radius 2 is 1.96 bits per heavy atom. The van der Waals surface area contributed by atoms with Gasteiger partial charge >= 0.3 is 0 Å². The molecule has 0 radical (unpaired) electrons. The van der Waals surface area contributed by atoms with Crippen LogP contribution in [0.15, 0.2) is 28.4 Å². The van der Waals surface area contributed by atoms with Crippen LogP contribution in [0.25, 0.3) is 16.5 Å². The van der Waals surface area contributed by atoms with Gasteiger partial charge in [0.05, 0.1) is 16.5 Å². The van der Waals surface area contributed by atoms with Crippen molar-refractivity contribution in [2.75, 3.05) is 0 Å². The molecule has 0 bridgehead atoms. The molecule has 2 aromatic rings. The monoisotopic (exact) mass is 363 g/mol. The van der Waals surface area contributed by atoms with E-state index in [9.17, 15) is 10.1 Å². The number of nitrogens with two attached hydrogens (primary N) is 1. The number of rotatable bonds is 4. The van der Waals surface area contributed by atoms with Crippen molar-refractivity contribution in [3.8, 4) is 6.07 Å². The van der Waals surface area contributed by atoms with E-state index in [0.717, 1.165) is 42.3 Å². The minimum atomic E-state index is -0.190. The van der Waals surface area contributed by atoms with Crippen LogP contribution in [-0.2, 0) is 0 Å². The van der Waals surface area contributed by atoms with Gasteiger partial charge in [0.1, 0.15) is 6.07 Å². The van der Waals surface area contributed by atoms with E-state index < -0.39 is 0 Å². The number of pyridine rings is 1. The predicted molar refractivity (Wildman–Crippen MR) is 108 cm³/mol. The Balaban J connectivity index is 1.87. The van der Waals surface area contributed by atoms with Gasteiger partial charge in [0, 0.05) is 48.0 Å². The number of fused-ring (bicyclic) bond motifs is 1. The van der Waals surface area contributed by atoms with E-state index in [-0.39, 0.29) is 5.56 Å². The summed E-state index contributed by atoms with van der Waals surface area (Å²) in [5, 5.41) is 10.1. The zero-order chi connectivity index (χ0) is 18.8. The van der Waals surface area contributed by atoms with Crippen molar-refractivity contribution < 1.29 is 0 Å². The van der Waals surface area contributed by atoms with E-state index in [2.05, 4.69) is 15.6 Å². The zero-order valence-corrected chi connectivity index (χ0v) is 15.4. The van der Waals surface area contributed by atoms with Gasteiger partial charge in [-0.15, -0.1) is 0 Å². The van der Waals surface area contributed by atoms with Gasteiger partial charge in [0.15, 0.2) is 0 Å². The normalized spacial score (nSPS) is 19.4. The maximum atomic E-state index is 12.7. The highest BCUT2D eigenvalue weighted by molar-refractivity contribution is 6.15. The van der Waals surface area contributed by atoms with E-state index in [4.69, 9.17) is 10.7 Å². The highest BCUT2D eigenvalue weighted by Crippen LogP contribution is 2.36. The summed E-state index contributed by atoms with van der Waals surface area (Å²) in [4.78, 5) is 20.1. The lowest BCUT2D eigenvalue weighted by atomic mass is 10.1. The van der Waals surface area contributed by atoms with Crippen molar-refractivity contribution in [1.82, 2.24) is 9.55 Å². The molecule has 2 aliphatic carbocycles. The lowest BCUT2D eigenvalue weighted by Crippen LogP contribution is -2.10. The number of H-pyrrole nitrogens is 1. The van der Waals surface area contributed by atoms with Crippen molar-refractivity contribution in [1.29, 1.82) is 5.26 Å². The Labute approximate surface area is 158 Å². The van der Waals surface area contributed by atoms with Crippen molar-refractivity contribution in [2.45, 2.75) is 63.5 Å². The van der Waals surface area contributed by atoms with Crippen molar-refractivity contribution in [3.63, 3.8) is 0 Å². The Hall–Kier alpha value is -2.81. The van der Waals surface area contributed by atoms with Crippen molar-refractivity contribution >= 4 is 22.7 Å². The van der Waals surface area contributed by atoms with Crippen LogP contribution in [0, 0.1) is 11.3 Å². The molecule has 6 nitrogen and oxygen atoms in total. The van der Waals surface area contributed by atoms with Crippen LogP contribution < -0.4 is 11.3 Å². The highest BCUT2D eigenvalue weighted by Gasteiger charge is 2.24. The number of hydrogen-bond acceptors (Lipinski definition) is 4. The summed E-state index contributed by atoms with van der Waals surface area (Å²) in [6.45, 7) is 0. The van der Waals surface area contributed by atoms with Gasteiger partial charge in [-0.25, -0.2) is 0 Å². The number of aliphatic imine (C=N–C) groups is 1. The SMILES string of the molecule is N#Cc1c[nH]c(=O)c2c(C(C=NC3CCCC3)=CN)cn(C3CCCC3)c12. The van der Waals surface area contributed by atoms with Crippen LogP contribution in [0.3, 0.4) is 0 Å². The molecule has 2 saturated carbocycles. The zero-order valence-electron chi connectivity index (χ0n) is 15.4. The van der Waals surface area contributed by atoms with Crippen LogP contribution >= 0.6 is 0 Å². The van der Waals surface area contributed by atoms with Crippen LogP contribution in [0.5, 0.6) is 0 Å². The second-order valence-corrected chi connectivity index (χ2v) is 7.59. The molecule has 3 N–H and O–H groups in total. The number of nitrogens with zero attached hydrogens (tertiary/aromatic N) is 3. The van der Waals surface area contributed by atoms with E-state index in [0.29, 0.717) is 23.0 Å². The van der Waals surface area contributed by atoms with Gasteiger partial charge in [-0.1, -0.05) is 25.7 Å². The molecule has 2 aromatic heterocycles. The fourth-order valence-electron chi connectivity index (χ4n) is 4.52. The molecule has 2 fully saturated rings. The lowest BCUT2D eigenvalue weighted by molar-refractivity contribution is 0.535. The summed E-state index contributed by atoms with van der Waals surface area (Å²) in [5.74, 6) is 0. The molecule has 2 heterocycles. The number of nitrogens with one attached hydrogen (secondary N) is 1. The fraction of sp³-hybridized carbons (Fsp3) is 0.476. The number of allylic oxidation sites excluding steroid dienone is 1. The van der Waals surface area contributed by atoms with Gasteiger partial charge in [-0.2, -0.15) is 5.26 Å². The second-order valence-electron chi connectivity index (χ2n) is 7.59. The molecule has 0 aliphatic heterocycles. The Morgan fingerprint density at radius 3 is 2.63 bits per heavy atom. The van der Waals surface area contributed by atoms with Crippen LogP contribution in [0.2, 0.25) is 0 Å². The van der Waals surface area contributed by atoms with Crippen LogP contribution in [-0.4, -0.2) is 21.8 Å². The molecule has 0 spiro atoms. The first kappa shape index (κ1) is 17.6. The molecule has 0 unspecified atom stereocenters. The van der Waals surface area contributed by atoms with Gasteiger partial charge in [-0.3, -0.25) is 9.79 Å². The minimum Gasteiger partial charge on any atom is -0.404 e. The summed E-state index contributed by atoms with van der Waals surface area (Å²) in [5.41, 5.74) is 8.45. The molecule has 140 valence electrons. The third-order valence-corrected chi connectivity index (χ3v) is 5.94. The molecule has 0 saturated heterocycles. The summed E-state index contributed by atoms with van der Waals surface area (Å²) in [6.07, 6.45) is 16.0. The molecule has 27 heavy (non-hydrogen) atoms. The van der Waals surface area contributed by atoms with Gasteiger partial charge in [0.2, 0.25) is 0 Å². The number of hydrogen-bond donors (Lipinski definition) is 2. The summed E-state index contributed by atoms with van der Waals surface area (Å²) in [6, 6.07) is 2.90. The average Bonchev–Trinajstić information content (AvgIpc) is 3.43. The third kappa shape index (κ3) is 3.18. The van der Waals surface area contributed by atoms with Gasteiger partial charge < -0.3 is 15.3 Å². The van der Waals surface area contributed by atoms with E-state index in [1.165, 1.54) is 38.1 Å². The minimum absolute atomic E-state index is 0.190. The standard InChI is InChI=1S/C21H25N5O/c22-9-14(11-24-16-5-1-2-6-16)18-13-26(17-7-3-4-8-17)20-15(10-23)12-25-21(27)19(18)20/h9,11-13,16-17H,1-8,22H2,(H,25,27). The predicted octanol–water partition coefficient (Wildman–Crippen LogP) is 3.63. The van der Waals surface area contributed by atoms with Gasteiger partial charge in [-0.05, 0) is 25.7 Å².